The first-order chi connectivity index (χ1) is 6.77. The maximum Gasteiger partial charge on any atom is 0.0693 e. The summed E-state index contributed by atoms with van der Waals surface area (Å²) in [6, 6.07) is 2.26. The average molecular weight is 195 g/mol. The summed E-state index contributed by atoms with van der Waals surface area (Å²) in [7, 11) is 1.93. The molecular weight excluding hydrogens is 178 g/mol. The molecular formula is C10H17N3O. The van der Waals surface area contributed by atoms with E-state index < -0.39 is 0 Å². The van der Waals surface area contributed by atoms with Crippen LogP contribution in [0.5, 0.6) is 0 Å². The molecule has 0 saturated heterocycles. The van der Waals surface area contributed by atoms with E-state index in [4.69, 9.17) is 0 Å². The normalized spacial score (nSPS) is 27.0. The van der Waals surface area contributed by atoms with Gasteiger partial charge in [-0.15, -0.1) is 0 Å². The predicted molar refractivity (Wildman–Crippen MR) is 53.7 cm³/mol. The molecule has 0 aromatic carbocycles. The summed E-state index contributed by atoms with van der Waals surface area (Å²) < 4.78 is 1.86. The van der Waals surface area contributed by atoms with E-state index in [9.17, 15) is 5.11 Å². The predicted octanol–water partition coefficient (Wildman–Crippen LogP) is 0.423. The second-order valence-electron chi connectivity index (χ2n) is 3.93. The Morgan fingerprint density at radius 3 is 3.07 bits per heavy atom. The van der Waals surface area contributed by atoms with Gasteiger partial charge in [0, 0.05) is 25.8 Å². The lowest BCUT2D eigenvalue weighted by Crippen LogP contribution is -2.35. The number of aliphatic hydroxyl groups excluding tert-OH is 1. The fourth-order valence-corrected chi connectivity index (χ4v) is 1.99. The van der Waals surface area contributed by atoms with Gasteiger partial charge in [-0.25, -0.2) is 0 Å². The van der Waals surface area contributed by atoms with Crippen LogP contribution in [-0.2, 0) is 13.6 Å². The van der Waals surface area contributed by atoms with Crippen LogP contribution in [0.4, 0.5) is 0 Å². The Kier molecular flexibility index (Phi) is 2.84. The Bertz CT molecular complexity index is 297. The molecule has 1 saturated carbocycles. The van der Waals surface area contributed by atoms with Crippen LogP contribution in [0.1, 0.15) is 25.0 Å². The molecule has 14 heavy (non-hydrogen) atoms. The van der Waals surface area contributed by atoms with Crippen molar-refractivity contribution in [2.75, 3.05) is 0 Å². The first-order valence-corrected chi connectivity index (χ1v) is 5.15. The van der Waals surface area contributed by atoms with Crippen molar-refractivity contribution >= 4 is 0 Å². The van der Waals surface area contributed by atoms with Crippen LogP contribution in [0.15, 0.2) is 12.3 Å². The highest BCUT2D eigenvalue weighted by Gasteiger charge is 2.24. The third-order valence-electron chi connectivity index (χ3n) is 2.95. The summed E-state index contributed by atoms with van der Waals surface area (Å²) in [5, 5.41) is 17.1. The van der Waals surface area contributed by atoms with Gasteiger partial charge in [0.15, 0.2) is 0 Å². The minimum Gasteiger partial charge on any atom is -0.392 e. The first-order valence-electron chi connectivity index (χ1n) is 5.15. The summed E-state index contributed by atoms with van der Waals surface area (Å²) >= 11 is 0. The van der Waals surface area contributed by atoms with Crippen LogP contribution in [0, 0.1) is 0 Å². The Morgan fingerprint density at radius 1 is 1.64 bits per heavy atom. The van der Waals surface area contributed by atoms with Gasteiger partial charge in [0.2, 0.25) is 0 Å². The van der Waals surface area contributed by atoms with Crippen molar-refractivity contribution < 1.29 is 5.11 Å². The largest absolute Gasteiger partial charge is 0.392 e. The molecule has 1 aliphatic rings. The molecule has 0 unspecified atom stereocenters. The van der Waals surface area contributed by atoms with Crippen molar-refractivity contribution in [2.45, 2.75) is 38.0 Å². The number of hydrogen-bond donors (Lipinski definition) is 2. The molecule has 1 aliphatic carbocycles. The standard InChI is InChI=1S/C10H17N3O/c1-13-8(5-6-12-13)7-11-9-3-2-4-10(9)14/h5-6,9-11,14H,2-4,7H2,1H3/t9-,10-/m1/s1. The lowest BCUT2D eigenvalue weighted by Gasteiger charge is -2.16. The van der Waals surface area contributed by atoms with E-state index in [2.05, 4.69) is 10.4 Å². The van der Waals surface area contributed by atoms with E-state index in [0.29, 0.717) is 0 Å². The lowest BCUT2D eigenvalue weighted by atomic mass is 10.2. The number of hydrogen-bond acceptors (Lipinski definition) is 3. The second-order valence-corrected chi connectivity index (χ2v) is 3.93. The molecule has 2 rings (SSSR count). The zero-order valence-corrected chi connectivity index (χ0v) is 8.48. The van der Waals surface area contributed by atoms with Crippen LogP contribution in [0.25, 0.3) is 0 Å². The molecule has 1 fully saturated rings. The molecule has 0 spiro atoms. The van der Waals surface area contributed by atoms with Gasteiger partial charge in [0.25, 0.3) is 0 Å². The van der Waals surface area contributed by atoms with E-state index in [-0.39, 0.29) is 12.1 Å². The summed E-state index contributed by atoms with van der Waals surface area (Å²) in [6.45, 7) is 0.790. The molecule has 2 atom stereocenters. The topological polar surface area (TPSA) is 50.1 Å². The van der Waals surface area contributed by atoms with Crippen molar-refractivity contribution in [1.82, 2.24) is 15.1 Å². The molecule has 78 valence electrons. The van der Waals surface area contributed by atoms with E-state index >= 15 is 0 Å². The molecule has 4 nitrogen and oxygen atoms in total. The zero-order valence-electron chi connectivity index (χ0n) is 8.48. The lowest BCUT2D eigenvalue weighted by molar-refractivity contribution is 0.148. The van der Waals surface area contributed by atoms with E-state index in [1.807, 2.05) is 17.8 Å². The average Bonchev–Trinajstić information content (AvgIpc) is 2.72. The Morgan fingerprint density at radius 2 is 2.50 bits per heavy atom. The number of aliphatic hydroxyl groups is 1. The first kappa shape index (κ1) is 9.68. The number of aromatic nitrogens is 2. The van der Waals surface area contributed by atoms with Crippen molar-refractivity contribution in [1.29, 1.82) is 0 Å². The third-order valence-corrected chi connectivity index (χ3v) is 2.95. The van der Waals surface area contributed by atoms with Crippen LogP contribution in [0.3, 0.4) is 0 Å². The van der Waals surface area contributed by atoms with Gasteiger partial charge < -0.3 is 10.4 Å². The van der Waals surface area contributed by atoms with Crippen LogP contribution in [0.2, 0.25) is 0 Å². The maximum atomic E-state index is 9.60. The zero-order chi connectivity index (χ0) is 9.97. The summed E-state index contributed by atoms with van der Waals surface area (Å²) in [5.74, 6) is 0. The van der Waals surface area contributed by atoms with Crippen molar-refractivity contribution in [3.8, 4) is 0 Å². The quantitative estimate of drug-likeness (QED) is 0.735. The summed E-state index contributed by atoms with van der Waals surface area (Å²) in [4.78, 5) is 0. The third kappa shape index (κ3) is 1.96. The molecule has 0 bridgehead atoms. The Labute approximate surface area is 83.9 Å². The molecule has 0 aliphatic heterocycles. The summed E-state index contributed by atoms with van der Waals surface area (Å²) in [5.41, 5.74) is 1.16. The molecule has 1 aromatic heterocycles. The second kappa shape index (κ2) is 4.11. The van der Waals surface area contributed by atoms with Gasteiger partial charge in [-0.05, 0) is 25.3 Å². The Balaban J connectivity index is 1.85. The Hall–Kier alpha value is -0.870. The van der Waals surface area contributed by atoms with Gasteiger partial charge >= 0.3 is 0 Å². The van der Waals surface area contributed by atoms with Gasteiger partial charge in [0.05, 0.1) is 11.8 Å². The van der Waals surface area contributed by atoms with Crippen molar-refractivity contribution in [3.05, 3.63) is 18.0 Å². The molecule has 0 amide bonds. The van der Waals surface area contributed by atoms with Gasteiger partial charge in [0.1, 0.15) is 0 Å². The minimum atomic E-state index is -0.164. The maximum absolute atomic E-state index is 9.60. The summed E-state index contributed by atoms with van der Waals surface area (Å²) in [6.07, 6.45) is 4.78. The van der Waals surface area contributed by atoms with E-state index in [0.717, 1.165) is 31.5 Å². The monoisotopic (exact) mass is 195 g/mol. The molecule has 1 aromatic rings. The number of rotatable bonds is 3. The highest BCUT2D eigenvalue weighted by molar-refractivity contribution is 5.00. The highest BCUT2D eigenvalue weighted by atomic mass is 16.3. The number of nitrogens with one attached hydrogen (secondary N) is 1. The molecule has 4 heteroatoms. The minimum absolute atomic E-state index is 0.164. The van der Waals surface area contributed by atoms with E-state index in [1.165, 1.54) is 0 Å². The van der Waals surface area contributed by atoms with Gasteiger partial charge in [-0.2, -0.15) is 5.10 Å². The number of nitrogens with zero attached hydrogens (tertiary/aromatic N) is 2. The number of aryl methyl sites for hydroxylation is 1. The van der Waals surface area contributed by atoms with E-state index in [1.54, 1.807) is 6.20 Å². The van der Waals surface area contributed by atoms with Crippen molar-refractivity contribution in [2.24, 2.45) is 7.05 Å². The fourth-order valence-electron chi connectivity index (χ4n) is 1.99. The van der Waals surface area contributed by atoms with Crippen molar-refractivity contribution in [3.63, 3.8) is 0 Å². The molecule has 1 heterocycles. The van der Waals surface area contributed by atoms with Crippen LogP contribution in [-0.4, -0.2) is 27.0 Å². The van der Waals surface area contributed by atoms with Crippen LogP contribution >= 0.6 is 0 Å². The SMILES string of the molecule is Cn1nccc1CN[C@@H]1CCC[C@H]1O. The molecule has 0 radical (unpaired) electrons. The molecule has 2 N–H and O–H groups in total. The van der Waals surface area contributed by atoms with Gasteiger partial charge in [-0.1, -0.05) is 0 Å². The van der Waals surface area contributed by atoms with Crippen LogP contribution < -0.4 is 5.32 Å². The fraction of sp³-hybridized carbons (Fsp3) is 0.700. The smallest absolute Gasteiger partial charge is 0.0693 e. The highest BCUT2D eigenvalue weighted by Crippen LogP contribution is 2.18. The van der Waals surface area contributed by atoms with Gasteiger partial charge in [-0.3, -0.25) is 4.68 Å².